The quantitative estimate of drug-likeness (QED) is 0.157. The number of nitrogens with one attached hydrogen (secondary N) is 1. The number of phenolic OH excluding ortho intramolecular Hbond substituents is 4. The predicted octanol–water partition coefficient (Wildman–Crippen LogP) is 2.31. The lowest BCUT2D eigenvalue weighted by atomic mass is 10.1. The molecule has 0 unspecified atom stereocenters. The Morgan fingerprint density at radius 2 is 1.26 bits per heavy atom. The highest BCUT2D eigenvalue weighted by atomic mass is 16.3. The molecule has 0 radical (unpaired) electrons. The molecule has 0 spiro atoms. The van der Waals surface area contributed by atoms with Crippen LogP contribution in [0.25, 0.3) is 12.2 Å². The highest BCUT2D eigenvalue weighted by Crippen LogP contribution is 2.26. The van der Waals surface area contributed by atoms with Crippen LogP contribution in [0.4, 0.5) is 0 Å². The van der Waals surface area contributed by atoms with Crippen molar-refractivity contribution in [3.63, 3.8) is 0 Å². The topological polar surface area (TPSA) is 156 Å². The Kier molecular flexibility index (Phi) is 10.6. The van der Waals surface area contributed by atoms with Crippen molar-refractivity contribution >= 4 is 24.0 Å². The Morgan fingerprint density at radius 3 is 1.74 bits per heavy atom. The zero-order chi connectivity index (χ0) is 24.9. The van der Waals surface area contributed by atoms with E-state index in [0.717, 1.165) is 30.8 Å². The van der Waals surface area contributed by atoms with E-state index < -0.39 is 11.8 Å². The average Bonchev–Trinajstić information content (AvgIpc) is 2.82. The standard InChI is InChI=1S/C25H31N3O6/c26-12-3-14-27-13-1-2-15-28(24(33)10-6-18-4-8-20(29)22(31)16-18)25(34)11-7-19-5-9-21(30)23(32)17-19/h4-11,16-17,27,29-32H,1-3,12-15,26H2/b10-6+,11-7+. The third-order valence-electron chi connectivity index (χ3n) is 4.91. The molecule has 0 atom stereocenters. The van der Waals surface area contributed by atoms with E-state index >= 15 is 0 Å². The van der Waals surface area contributed by atoms with Crippen molar-refractivity contribution in [3.05, 3.63) is 59.7 Å². The number of carbonyl (C=O) groups excluding carboxylic acids is 2. The predicted molar refractivity (Wildman–Crippen MR) is 130 cm³/mol. The number of aromatic hydroxyl groups is 4. The zero-order valence-electron chi connectivity index (χ0n) is 18.9. The minimum absolute atomic E-state index is 0.201. The molecule has 0 bridgehead atoms. The fourth-order valence-electron chi connectivity index (χ4n) is 3.00. The summed E-state index contributed by atoms with van der Waals surface area (Å²) in [5.41, 5.74) is 6.42. The van der Waals surface area contributed by atoms with Crippen LogP contribution >= 0.6 is 0 Å². The van der Waals surface area contributed by atoms with Crippen LogP contribution in [-0.2, 0) is 9.59 Å². The van der Waals surface area contributed by atoms with Crippen LogP contribution in [-0.4, -0.2) is 63.3 Å². The van der Waals surface area contributed by atoms with Crippen LogP contribution in [0.3, 0.4) is 0 Å². The Morgan fingerprint density at radius 1 is 0.765 bits per heavy atom. The number of unbranched alkanes of at least 4 members (excludes halogenated alkanes) is 1. The van der Waals surface area contributed by atoms with Crippen molar-refractivity contribution in [2.45, 2.75) is 19.3 Å². The lowest BCUT2D eigenvalue weighted by Crippen LogP contribution is -2.35. The van der Waals surface area contributed by atoms with E-state index in [1.807, 2.05) is 0 Å². The molecule has 2 amide bonds. The highest BCUT2D eigenvalue weighted by molar-refractivity contribution is 6.07. The maximum Gasteiger partial charge on any atom is 0.253 e. The van der Waals surface area contributed by atoms with Crippen molar-refractivity contribution in [3.8, 4) is 23.0 Å². The number of rotatable bonds is 12. The molecule has 0 saturated carbocycles. The summed E-state index contributed by atoms with van der Waals surface area (Å²) in [6.07, 6.45) is 7.56. The van der Waals surface area contributed by atoms with E-state index in [9.17, 15) is 30.0 Å². The smallest absolute Gasteiger partial charge is 0.253 e. The lowest BCUT2D eigenvalue weighted by molar-refractivity contribution is -0.138. The molecular formula is C25H31N3O6. The summed E-state index contributed by atoms with van der Waals surface area (Å²) in [5.74, 6) is -2.25. The fraction of sp³-hybridized carbons (Fsp3) is 0.280. The van der Waals surface area contributed by atoms with Crippen molar-refractivity contribution in [2.24, 2.45) is 5.73 Å². The molecule has 0 aliphatic rings. The van der Waals surface area contributed by atoms with Gasteiger partial charge in [-0.1, -0.05) is 12.1 Å². The molecule has 9 nitrogen and oxygen atoms in total. The maximum absolute atomic E-state index is 12.8. The first-order chi connectivity index (χ1) is 16.3. The molecule has 0 aliphatic heterocycles. The first kappa shape index (κ1) is 26.4. The number of carbonyl (C=O) groups is 2. The van der Waals surface area contributed by atoms with Crippen LogP contribution in [0.15, 0.2) is 48.6 Å². The molecule has 0 aromatic heterocycles. The maximum atomic E-state index is 12.8. The summed E-state index contributed by atoms with van der Waals surface area (Å²) < 4.78 is 0. The summed E-state index contributed by atoms with van der Waals surface area (Å²) >= 11 is 0. The second-order valence-corrected chi connectivity index (χ2v) is 7.59. The normalized spacial score (nSPS) is 11.3. The van der Waals surface area contributed by atoms with Crippen molar-refractivity contribution < 1.29 is 30.0 Å². The van der Waals surface area contributed by atoms with E-state index in [0.29, 0.717) is 24.1 Å². The molecule has 182 valence electrons. The van der Waals surface area contributed by atoms with Gasteiger partial charge in [-0.25, -0.2) is 0 Å². The van der Waals surface area contributed by atoms with E-state index in [-0.39, 0.29) is 29.5 Å². The number of hydrogen-bond acceptors (Lipinski definition) is 8. The van der Waals surface area contributed by atoms with E-state index in [4.69, 9.17) is 5.73 Å². The van der Waals surface area contributed by atoms with Crippen LogP contribution < -0.4 is 11.1 Å². The van der Waals surface area contributed by atoms with Gasteiger partial charge in [0.15, 0.2) is 23.0 Å². The van der Waals surface area contributed by atoms with Crippen LogP contribution in [0.5, 0.6) is 23.0 Å². The molecule has 2 aromatic carbocycles. The van der Waals surface area contributed by atoms with Gasteiger partial charge >= 0.3 is 0 Å². The number of imide groups is 1. The summed E-state index contributed by atoms with van der Waals surface area (Å²) in [7, 11) is 0. The largest absolute Gasteiger partial charge is 0.504 e. The van der Waals surface area contributed by atoms with Gasteiger partial charge in [0, 0.05) is 18.7 Å². The van der Waals surface area contributed by atoms with Gasteiger partial charge in [-0.3, -0.25) is 14.5 Å². The molecule has 0 aliphatic carbocycles. The third kappa shape index (κ3) is 8.61. The number of phenols is 4. The Hall–Kier alpha value is -3.82. The Bertz CT molecular complexity index is 962. The summed E-state index contributed by atoms with van der Waals surface area (Å²) in [4.78, 5) is 26.7. The summed E-state index contributed by atoms with van der Waals surface area (Å²) in [6, 6.07) is 8.25. The van der Waals surface area contributed by atoms with Crippen LogP contribution in [0, 0.1) is 0 Å². The highest BCUT2D eigenvalue weighted by Gasteiger charge is 2.17. The van der Waals surface area contributed by atoms with E-state index in [1.165, 1.54) is 60.7 Å². The van der Waals surface area contributed by atoms with Gasteiger partial charge in [0.25, 0.3) is 11.8 Å². The molecule has 9 heteroatoms. The molecule has 2 rings (SSSR count). The molecule has 2 aromatic rings. The third-order valence-corrected chi connectivity index (χ3v) is 4.91. The minimum atomic E-state index is -0.535. The molecule has 34 heavy (non-hydrogen) atoms. The van der Waals surface area contributed by atoms with Gasteiger partial charge in [0.1, 0.15) is 0 Å². The SMILES string of the molecule is NCCCNCCCCN(C(=O)/C=C/c1ccc(O)c(O)c1)C(=O)/C=C/c1ccc(O)c(O)c1. The minimum Gasteiger partial charge on any atom is -0.504 e. The zero-order valence-corrected chi connectivity index (χ0v) is 18.9. The van der Waals surface area contributed by atoms with Gasteiger partial charge in [-0.2, -0.15) is 0 Å². The number of nitrogens with zero attached hydrogens (tertiary/aromatic N) is 1. The van der Waals surface area contributed by atoms with Gasteiger partial charge in [-0.05, 0) is 86.4 Å². The van der Waals surface area contributed by atoms with E-state index in [1.54, 1.807) is 0 Å². The van der Waals surface area contributed by atoms with Gasteiger partial charge < -0.3 is 31.5 Å². The molecule has 7 N–H and O–H groups in total. The first-order valence-corrected chi connectivity index (χ1v) is 11.0. The summed E-state index contributed by atoms with van der Waals surface area (Å²) in [6.45, 7) is 2.36. The average molecular weight is 470 g/mol. The van der Waals surface area contributed by atoms with Crippen molar-refractivity contribution in [1.29, 1.82) is 0 Å². The number of hydrogen-bond donors (Lipinski definition) is 6. The van der Waals surface area contributed by atoms with Crippen molar-refractivity contribution in [2.75, 3.05) is 26.2 Å². The van der Waals surface area contributed by atoms with Gasteiger partial charge in [-0.15, -0.1) is 0 Å². The number of amides is 2. The van der Waals surface area contributed by atoms with Gasteiger partial charge in [0.2, 0.25) is 0 Å². The lowest BCUT2D eigenvalue weighted by Gasteiger charge is -2.18. The Balaban J connectivity index is 2.08. The number of benzene rings is 2. The second kappa shape index (κ2) is 13.7. The summed E-state index contributed by atoms with van der Waals surface area (Å²) in [5, 5.41) is 41.3. The van der Waals surface area contributed by atoms with Crippen molar-refractivity contribution in [1.82, 2.24) is 10.2 Å². The Labute approximate surface area is 198 Å². The molecule has 0 heterocycles. The fourth-order valence-corrected chi connectivity index (χ4v) is 3.00. The second-order valence-electron chi connectivity index (χ2n) is 7.59. The number of nitrogens with two attached hydrogens (primary N) is 1. The van der Waals surface area contributed by atoms with Crippen LogP contribution in [0.2, 0.25) is 0 Å². The van der Waals surface area contributed by atoms with E-state index in [2.05, 4.69) is 5.32 Å². The molecular weight excluding hydrogens is 438 g/mol. The molecule has 0 saturated heterocycles. The first-order valence-electron chi connectivity index (χ1n) is 11.0. The molecule has 0 fully saturated rings. The van der Waals surface area contributed by atoms with Gasteiger partial charge in [0.05, 0.1) is 0 Å². The monoisotopic (exact) mass is 469 g/mol. The van der Waals surface area contributed by atoms with Crippen LogP contribution in [0.1, 0.15) is 30.4 Å².